The predicted molar refractivity (Wildman–Crippen MR) is 92.0 cm³/mol. The van der Waals surface area contributed by atoms with Crippen LogP contribution >= 0.6 is 0 Å². The van der Waals surface area contributed by atoms with Crippen molar-refractivity contribution in [3.63, 3.8) is 0 Å². The molecule has 0 fully saturated rings. The van der Waals surface area contributed by atoms with E-state index in [1.807, 2.05) is 31.3 Å². The average molecular weight is 306 g/mol. The zero-order chi connectivity index (χ0) is 16.6. The lowest BCUT2D eigenvalue weighted by Gasteiger charge is -2.06. The molecule has 0 saturated heterocycles. The average Bonchev–Trinajstić information content (AvgIpc) is 2.52. The fourth-order valence-electron chi connectivity index (χ4n) is 1.81. The minimum absolute atomic E-state index is 0.0357. The largest absolute Gasteiger partial charge is 0.352 e. The molecule has 0 atom stereocenters. The maximum atomic E-state index is 11.8. The van der Waals surface area contributed by atoms with Gasteiger partial charge in [0.2, 0.25) is 0 Å². The van der Waals surface area contributed by atoms with Gasteiger partial charge in [0.05, 0.1) is 0 Å². The van der Waals surface area contributed by atoms with Gasteiger partial charge in [-0.15, -0.1) is 0 Å². The molecule has 4 nitrogen and oxygen atoms in total. The highest BCUT2D eigenvalue weighted by Gasteiger charge is 2.04. The fraction of sp³-hybridized carbons (Fsp3) is 0.556. The topological polar surface area (TPSA) is 58.2 Å². The van der Waals surface area contributed by atoms with Crippen LogP contribution in [0.25, 0.3) is 0 Å². The van der Waals surface area contributed by atoms with Crippen molar-refractivity contribution < 1.29 is 9.59 Å². The summed E-state index contributed by atoms with van der Waals surface area (Å²) in [7, 11) is 1.89. The van der Waals surface area contributed by atoms with Gasteiger partial charge in [0.1, 0.15) is 6.29 Å². The van der Waals surface area contributed by atoms with Crippen LogP contribution in [0.5, 0.6) is 0 Å². The van der Waals surface area contributed by atoms with Crippen molar-refractivity contribution in [2.45, 2.75) is 52.5 Å². The van der Waals surface area contributed by atoms with Crippen LogP contribution in [0, 0.1) is 0 Å². The molecule has 0 radical (unpaired) electrons. The van der Waals surface area contributed by atoms with E-state index in [0.717, 1.165) is 37.7 Å². The predicted octanol–water partition coefficient (Wildman–Crippen LogP) is 3.31. The van der Waals surface area contributed by atoms with Crippen molar-refractivity contribution in [2.75, 3.05) is 13.6 Å². The second-order valence-electron chi connectivity index (χ2n) is 5.21. The summed E-state index contributed by atoms with van der Waals surface area (Å²) >= 11 is 0. The summed E-state index contributed by atoms with van der Waals surface area (Å²) in [6.07, 6.45) is 5.59. The van der Waals surface area contributed by atoms with Gasteiger partial charge in [-0.05, 0) is 37.6 Å². The third kappa shape index (κ3) is 10.1. The number of unbranched alkanes of at least 4 members (excludes halogenated alkanes) is 3. The van der Waals surface area contributed by atoms with E-state index in [-0.39, 0.29) is 5.91 Å². The Bertz CT molecular complexity index is 402. The molecule has 0 aliphatic carbocycles. The summed E-state index contributed by atoms with van der Waals surface area (Å²) in [4.78, 5) is 22.0. The van der Waals surface area contributed by atoms with Crippen molar-refractivity contribution in [1.29, 1.82) is 0 Å². The van der Waals surface area contributed by atoms with Gasteiger partial charge in [0, 0.05) is 25.1 Å². The summed E-state index contributed by atoms with van der Waals surface area (Å²) in [5.41, 5.74) is 1.85. The second-order valence-corrected chi connectivity index (χ2v) is 5.21. The first-order valence-corrected chi connectivity index (χ1v) is 8.14. The molecule has 0 aliphatic rings. The standard InChI is InChI=1S/C15H22N2O2.C3H8/c1-16-12-13-6-8-14(9-7-13)15(19)17-10-4-2-3-5-11-18;1-3-2/h6-9,11,16H,2-5,10,12H2,1H3,(H,17,19);3H2,1-2H3. The van der Waals surface area contributed by atoms with E-state index in [0.29, 0.717) is 18.5 Å². The summed E-state index contributed by atoms with van der Waals surface area (Å²) < 4.78 is 0. The summed E-state index contributed by atoms with van der Waals surface area (Å²) in [6, 6.07) is 7.59. The number of amides is 1. The zero-order valence-electron chi connectivity index (χ0n) is 14.2. The maximum Gasteiger partial charge on any atom is 0.251 e. The monoisotopic (exact) mass is 306 g/mol. The molecule has 124 valence electrons. The van der Waals surface area contributed by atoms with Crippen LogP contribution in [0.4, 0.5) is 0 Å². The van der Waals surface area contributed by atoms with E-state index in [9.17, 15) is 9.59 Å². The maximum absolute atomic E-state index is 11.8. The third-order valence-electron chi connectivity index (χ3n) is 2.88. The number of hydrogen-bond acceptors (Lipinski definition) is 3. The molecule has 0 aromatic heterocycles. The summed E-state index contributed by atoms with van der Waals surface area (Å²) in [6.45, 7) is 5.72. The van der Waals surface area contributed by atoms with E-state index < -0.39 is 0 Å². The normalized spacial score (nSPS) is 9.59. The lowest BCUT2D eigenvalue weighted by atomic mass is 10.1. The lowest BCUT2D eigenvalue weighted by Crippen LogP contribution is -2.24. The Hall–Kier alpha value is -1.68. The number of aldehydes is 1. The Morgan fingerprint density at radius 3 is 2.27 bits per heavy atom. The number of rotatable bonds is 9. The molecular formula is C18H30N2O2. The van der Waals surface area contributed by atoms with Gasteiger partial charge in [0.15, 0.2) is 0 Å². The van der Waals surface area contributed by atoms with Crippen LogP contribution < -0.4 is 10.6 Å². The molecule has 1 amide bonds. The van der Waals surface area contributed by atoms with Gasteiger partial charge >= 0.3 is 0 Å². The van der Waals surface area contributed by atoms with Gasteiger partial charge in [-0.3, -0.25) is 4.79 Å². The van der Waals surface area contributed by atoms with Gasteiger partial charge in [-0.25, -0.2) is 0 Å². The van der Waals surface area contributed by atoms with E-state index in [1.54, 1.807) is 0 Å². The van der Waals surface area contributed by atoms with Crippen molar-refractivity contribution >= 4 is 12.2 Å². The molecule has 0 heterocycles. The van der Waals surface area contributed by atoms with Crippen molar-refractivity contribution in [3.8, 4) is 0 Å². The fourth-order valence-corrected chi connectivity index (χ4v) is 1.81. The molecule has 1 aromatic rings. The highest BCUT2D eigenvalue weighted by atomic mass is 16.1. The van der Waals surface area contributed by atoms with Crippen LogP contribution in [-0.4, -0.2) is 25.8 Å². The van der Waals surface area contributed by atoms with Crippen LogP contribution in [0.2, 0.25) is 0 Å². The molecular weight excluding hydrogens is 276 g/mol. The Kier molecular flexibility index (Phi) is 13.2. The number of hydrogen-bond donors (Lipinski definition) is 2. The Balaban J connectivity index is 0.00000135. The number of carbonyl (C=O) groups excluding carboxylic acids is 2. The Labute approximate surface area is 134 Å². The highest BCUT2D eigenvalue weighted by Crippen LogP contribution is 2.04. The molecule has 0 aliphatic heterocycles. The first kappa shape index (κ1) is 20.3. The minimum Gasteiger partial charge on any atom is -0.352 e. The molecule has 0 spiro atoms. The highest BCUT2D eigenvalue weighted by molar-refractivity contribution is 5.94. The first-order chi connectivity index (χ1) is 10.7. The van der Waals surface area contributed by atoms with Crippen LogP contribution in [0.1, 0.15) is 61.9 Å². The van der Waals surface area contributed by atoms with Crippen molar-refractivity contribution in [1.82, 2.24) is 10.6 Å². The molecule has 0 saturated carbocycles. The zero-order valence-corrected chi connectivity index (χ0v) is 14.2. The minimum atomic E-state index is -0.0357. The van der Waals surface area contributed by atoms with E-state index in [1.165, 1.54) is 6.42 Å². The van der Waals surface area contributed by atoms with Crippen LogP contribution in [0.3, 0.4) is 0 Å². The molecule has 22 heavy (non-hydrogen) atoms. The molecule has 0 bridgehead atoms. The molecule has 1 rings (SSSR count). The lowest BCUT2D eigenvalue weighted by molar-refractivity contribution is -0.107. The van der Waals surface area contributed by atoms with E-state index in [4.69, 9.17) is 0 Å². The van der Waals surface area contributed by atoms with Gasteiger partial charge in [-0.2, -0.15) is 0 Å². The summed E-state index contributed by atoms with van der Waals surface area (Å²) in [5.74, 6) is -0.0357. The second kappa shape index (κ2) is 14.3. The van der Waals surface area contributed by atoms with Gasteiger partial charge < -0.3 is 15.4 Å². The third-order valence-corrected chi connectivity index (χ3v) is 2.88. The number of benzene rings is 1. The van der Waals surface area contributed by atoms with Gasteiger partial charge in [-0.1, -0.05) is 38.8 Å². The number of carbonyl (C=O) groups is 2. The SMILES string of the molecule is CCC.CNCc1ccc(C(=O)NCCCCCC=O)cc1. The number of nitrogens with one attached hydrogen (secondary N) is 2. The first-order valence-electron chi connectivity index (χ1n) is 8.14. The van der Waals surface area contributed by atoms with E-state index in [2.05, 4.69) is 24.5 Å². The molecule has 4 heteroatoms. The Morgan fingerprint density at radius 1 is 1.09 bits per heavy atom. The smallest absolute Gasteiger partial charge is 0.251 e. The Morgan fingerprint density at radius 2 is 1.73 bits per heavy atom. The van der Waals surface area contributed by atoms with Gasteiger partial charge in [0.25, 0.3) is 5.91 Å². The molecule has 1 aromatic carbocycles. The van der Waals surface area contributed by atoms with Crippen LogP contribution in [-0.2, 0) is 11.3 Å². The van der Waals surface area contributed by atoms with E-state index >= 15 is 0 Å². The quantitative estimate of drug-likeness (QED) is 0.543. The molecule has 2 N–H and O–H groups in total. The van der Waals surface area contributed by atoms with Crippen LogP contribution in [0.15, 0.2) is 24.3 Å². The van der Waals surface area contributed by atoms with Crippen molar-refractivity contribution in [3.05, 3.63) is 35.4 Å². The molecule has 0 unspecified atom stereocenters. The van der Waals surface area contributed by atoms with Crippen molar-refractivity contribution in [2.24, 2.45) is 0 Å². The summed E-state index contributed by atoms with van der Waals surface area (Å²) in [5, 5.41) is 5.95.